The lowest BCUT2D eigenvalue weighted by atomic mass is 9.58. The fraction of sp³-hybridized carbons (Fsp3) is 1.00. The Hall–Kier alpha value is -0.200. The largest absolute Gasteiger partial charge is 0.352 e. The van der Waals surface area contributed by atoms with Crippen molar-refractivity contribution >= 4 is 0 Å². The molecule has 0 amide bonds. The second-order valence-corrected chi connectivity index (χ2v) is 9.12. The molecule has 5 nitrogen and oxygen atoms in total. The summed E-state index contributed by atoms with van der Waals surface area (Å²) >= 11 is 0. The first-order chi connectivity index (χ1) is 11.9. The summed E-state index contributed by atoms with van der Waals surface area (Å²) in [7, 11) is 0. The Morgan fingerprint density at radius 2 is 1.92 bits per heavy atom. The van der Waals surface area contributed by atoms with Gasteiger partial charge in [0.15, 0.2) is 18.2 Å². The number of hydrogen-bond donors (Lipinski definition) is 0. The van der Waals surface area contributed by atoms with Crippen molar-refractivity contribution in [1.82, 2.24) is 0 Å². The molecule has 4 heterocycles. The molecule has 25 heavy (non-hydrogen) atoms. The van der Waals surface area contributed by atoms with Crippen LogP contribution in [0.2, 0.25) is 0 Å². The van der Waals surface area contributed by atoms with Gasteiger partial charge in [-0.25, -0.2) is 9.78 Å². The van der Waals surface area contributed by atoms with Crippen LogP contribution in [0, 0.1) is 29.6 Å². The van der Waals surface area contributed by atoms with Crippen molar-refractivity contribution in [2.45, 2.75) is 90.7 Å². The molecule has 4 saturated heterocycles. The summed E-state index contributed by atoms with van der Waals surface area (Å²) in [5.74, 6) is 1.45. The second-order valence-electron chi connectivity index (χ2n) is 9.12. The van der Waals surface area contributed by atoms with Crippen LogP contribution in [0.3, 0.4) is 0 Å². The second kappa shape index (κ2) is 6.45. The molecule has 9 atom stereocenters. The third kappa shape index (κ3) is 2.78. The van der Waals surface area contributed by atoms with Crippen LogP contribution in [0.25, 0.3) is 0 Å². The summed E-state index contributed by atoms with van der Waals surface area (Å²) in [4.78, 5) is 12.0. The molecule has 4 aliphatic heterocycles. The van der Waals surface area contributed by atoms with Gasteiger partial charge in [0.05, 0.1) is 6.61 Å². The van der Waals surface area contributed by atoms with E-state index >= 15 is 0 Å². The number of fused-ring (bicyclic) bond motifs is 2. The third-order valence-corrected chi connectivity index (χ3v) is 7.34. The molecule has 144 valence electrons. The minimum Gasteiger partial charge on any atom is -0.352 e. The zero-order valence-corrected chi connectivity index (χ0v) is 16.3. The molecule has 2 bridgehead atoms. The minimum atomic E-state index is -0.709. The molecule has 5 rings (SSSR count). The van der Waals surface area contributed by atoms with Crippen LogP contribution in [0.4, 0.5) is 0 Å². The van der Waals surface area contributed by atoms with E-state index in [1.807, 2.05) is 6.92 Å². The maximum Gasteiger partial charge on any atom is 0.201 e. The van der Waals surface area contributed by atoms with E-state index in [1.54, 1.807) is 0 Å². The predicted octanol–water partition coefficient (Wildman–Crippen LogP) is 4.26. The van der Waals surface area contributed by atoms with Gasteiger partial charge in [-0.3, -0.25) is 0 Å². The highest BCUT2D eigenvalue weighted by atomic mass is 17.3. The predicted molar refractivity (Wildman–Crippen MR) is 92.2 cm³/mol. The lowest BCUT2D eigenvalue weighted by Crippen LogP contribution is -2.70. The van der Waals surface area contributed by atoms with Gasteiger partial charge in [0.2, 0.25) is 5.79 Å². The minimum absolute atomic E-state index is 0.227. The Bertz CT molecular complexity index is 498. The average Bonchev–Trinajstić information content (AvgIpc) is 2.82. The summed E-state index contributed by atoms with van der Waals surface area (Å²) < 4.78 is 18.9. The van der Waals surface area contributed by atoms with Gasteiger partial charge in [0.1, 0.15) is 0 Å². The Labute approximate surface area is 151 Å². The van der Waals surface area contributed by atoms with Crippen LogP contribution < -0.4 is 0 Å². The summed E-state index contributed by atoms with van der Waals surface area (Å²) in [5, 5.41) is 0. The standard InChI is InChI=1S/C20H34O5/c1-6-12(2)11-21-17-14(4)16-8-7-13(3)15-9-10-19(5)23-18(22-17)20(15,16)25-24-19/h12-18H,6-11H2,1-5H3/t12?,13-,14-,15?,16?,17?,18-,19-,20-/m1/s1. The van der Waals surface area contributed by atoms with Gasteiger partial charge in [-0.1, -0.05) is 34.1 Å². The van der Waals surface area contributed by atoms with Crippen LogP contribution in [0.15, 0.2) is 0 Å². The molecule has 0 aromatic carbocycles. The summed E-state index contributed by atoms with van der Waals surface area (Å²) in [6.45, 7) is 11.7. The first-order valence-electron chi connectivity index (χ1n) is 10.2. The Kier molecular flexibility index (Phi) is 4.69. The molecule has 0 aromatic rings. The van der Waals surface area contributed by atoms with Crippen molar-refractivity contribution in [2.24, 2.45) is 29.6 Å². The van der Waals surface area contributed by atoms with E-state index in [9.17, 15) is 0 Å². The Morgan fingerprint density at radius 1 is 1.12 bits per heavy atom. The fourth-order valence-electron chi connectivity index (χ4n) is 5.44. The summed E-state index contributed by atoms with van der Waals surface area (Å²) in [6, 6.07) is 0. The van der Waals surface area contributed by atoms with E-state index in [0.717, 1.165) is 32.3 Å². The van der Waals surface area contributed by atoms with Gasteiger partial charge in [0, 0.05) is 18.3 Å². The molecule has 1 aliphatic carbocycles. The van der Waals surface area contributed by atoms with Gasteiger partial charge < -0.3 is 14.2 Å². The third-order valence-electron chi connectivity index (χ3n) is 7.34. The molecule has 0 N–H and O–H groups in total. The maximum absolute atomic E-state index is 6.40. The summed E-state index contributed by atoms with van der Waals surface area (Å²) in [6.07, 6.45) is 4.75. The number of hydrogen-bond acceptors (Lipinski definition) is 5. The highest BCUT2D eigenvalue weighted by Gasteiger charge is 2.69. The van der Waals surface area contributed by atoms with Gasteiger partial charge in [-0.05, 0) is 43.9 Å². The molecule has 1 spiro atoms. The molecule has 5 aliphatic rings. The number of ether oxygens (including phenoxy) is 3. The van der Waals surface area contributed by atoms with E-state index in [-0.39, 0.29) is 12.2 Å². The smallest absolute Gasteiger partial charge is 0.201 e. The SMILES string of the molecule is CCC(C)COC1O[C@@H]2O[C@@]3(C)CCC4[C@H](C)CCC([C@H]1C)[C@]42OO3. The molecule has 0 radical (unpaired) electrons. The van der Waals surface area contributed by atoms with Crippen molar-refractivity contribution < 1.29 is 24.0 Å². The van der Waals surface area contributed by atoms with Crippen molar-refractivity contribution in [3.8, 4) is 0 Å². The van der Waals surface area contributed by atoms with Gasteiger partial charge in [-0.15, -0.1) is 0 Å². The van der Waals surface area contributed by atoms with Gasteiger partial charge in [0.25, 0.3) is 0 Å². The average molecular weight is 354 g/mol. The normalized spacial score (nSPS) is 53.2. The molecule has 1 saturated carbocycles. The Morgan fingerprint density at radius 3 is 2.68 bits per heavy atom. The zero-order chi connectivity index (χ0) is 17.8. The molecule has 0 aromatic heterocycles. The monoisotopic (exact) mass is 354 g/mol. The van der Waals surface area contributed by atoms with Crippen molar-refractivity contribution in [3.05, 3.63) is 0 Å². The van der Waals surface area contributed by atoms with Gasteiger partial charge in [-0.2, -0.15) is 0 Å². The zero-order valence-electron chi connectivity index (χ0n) is 16.3. The quantitative estimate of drug-likeness (QED) is 0.706. The van der Waals surface area contributed by atoms with Crippen LogP contribution in [0.1, 0.15) is 66.7 Å². The topological polar surface area (TPSA) is 46.2 Å². The van der Waals surface area contributed by atoms with Crippen LogP contribution in [-0.4, -0.2) is 30.6 Å². The molecular formula is C20H34O5. The van der Waals surface area contributed by atoms with Gasteiger partial charge >= 0.3 is 0 Å². The van der Waals surface area contributed by atoms with Crippen molar-refractivity contribution in [1.29, 1.82) is 0 Å². The van der Waals surface area contributed by atoms with E-state index in [2.05, 4.69) is 27.7 Å². The molecule has 5 fully saturated rings. The Balaban J connectivity index is 1.63. The highest BCUT2D eigenvalue weighted by molar-refractivity contribution is 5.09. The molecule has 5 heteroatoms. The first-order valence-corrected chi connectivity index (χ1v) is 10.2. The van der Waals surface area contributed by atoms with Crippen LogP contribution >= 0.6 is 0 Å². The van der Waals surface area contributed by atoms with E-state index in [0.29, 0.717) is 23.7 Å². The maximum atomic E-state index is 6.40. The highest BCUT2D eigenvalue weighted by Crippen LogP contribution is 2.60. The van der Waals surface area contributed by atoms with Crippen LogP contribution in [-0.2, 0) is 24.0 Å². The fourth-order valence-corrected chi connectivity index (χ4v) is 5.44. The van der Waals surface area contributed by atoms with Crippen LogP contribution in [0.5, 0.6) is 0 Å². The molecule has 4 unspecified atom stereocenters. The lowest BCUT2D eigenvalue weighted by molar-refractivity contribution is -0.577. The lowest BCUT2D eigenvalue weighted by Gasteiger charge is -2.60. The van der Waals surface area contributed by atoms with E-state index in [4.69, 9.17) is 24.0 Å². The molecular weight excluding hydrogens is 320 g/mol. The van der Waals surface area contributed by atoms with E-state index in [1.165, 1.54) is 6.42 Å². The van der Waals surface area contributed by atoms with Crippen molar-refractivity contribution in [3.63, 3.8) is 0 Å². The number of rotatable bonds is 4. The first kappa shape index (κ1) is 18.2. The summed E-state index contributed by atoms with van der Waals surface area (Å²) in [5.41, 5.74) is -0.483. The van der Waals surface area contributed by atoms with Crippen molar-refractivity contribution in [2.75, 3.05) is 6.61 Å². The van der Waals surface area contributed by atoms with E-state index < -0.39 is 17.7 Å².